The van der Waals surface area contributed by atoms with Crippen molar-refractivity contribution in [3.05, 3.63) is 34.2 Å². The number of amides is 1. The van der Waals surface area contributed by atoms with Crippen LogP contribution in [0, 0.1) is 0 Å². The van der Waals surface area contributed by atoms with Gasteiger partial charge in [-0.15, -0.1) is 0 Å². The zero-order chi connectivity index (χ0) is 14.0. The van der Waals surface area contributed by atoms with Crippen LogP contribution in [0.1, 0.15) is 36.5 Å². The Morgan fingerprint density at radius 1 is 1.42 bits per heavy atom. The molecule has 1 aliphatic rings. The molecule has 1 saturated heterocycles. The van der Waals surface area contributed by atoms with E-state index in [1.165, 1.54) is 24.1 Å². The summed E-state index contributed by atoms with van der Waals surface area (Å²) in [7, 11) is 0. The minimum Gasteiger partial charge on any atom is -0.480 e. The lowest BCUT2D eigenvalue weighted by Gasteiger charge is -2.41. The third-order valence-corrected chi connectivity index (χ3v) is 3.65. The lowest BCUT2D eigenvalue weighted by molar-refractivity contribution is -0.150. The van der Waals surface area contributed by atoms with Crippen molar-refractivity contribution in [3.63, 3.8) is 0 Å². The van der Waals surface area contributed by atoms with E-state index in [4.69, 9.17) is 0 Å². The van der Waals surface area contributed by atoms with Gasteiger partial charge in [-0.3, -0.25) is 9.59 Å². The number of likely N-dealkylation sites (tertiary alicyclic amines) is 1. The molecule has 6 heteroatoms. The first kappa shape index (κ1) is 13.3. The molecule has 0 aliphatic carbocycles. The number of carbonyl (C=O) groups is 2. The summed E-state index contributed by atoms with van der Waals surface area (Å²) in [5.74, 6) is -1.56. The number of rotatable bonds is 2. The van der Waals surface area contributed by atoms with Crippen LogP contribution in [0.15, 0.2) is 23.1 Å². The predicted octanol–water partition coefficient (Wildman–Crippen LogP) is 0.844. The van der Waals surface area contributed by atoms with Gasteiger partial charge in [0.1, 0.15) is 11.1 Å². The van der Waals surface area contributed by atoms with Crippen LogP contribution in [0.4, 0.5) is 0 Å². The maximum absolute atomic E-state index is 12.4. The van der Waals surface area contributed by atoms with Gasteiger partial charge < -0.3 is 15.0 Å². The van der Waals surface area contributed by atoms with Crippen molar-refractivity contribution < 1.29 is 14.7 Å². The fourth-order valence-electron chi connectivity index (χ4n) is 2.40. The number of aromatic amines is 1. The van der Waals surface area contributed by atoms with E-state index >= 15 is 0 Å². The summed E-state index contributed by atoms with van der Waals surface area (Å²) < 4.78 is 0. The van der Waals surface area contributed by atoms with Crippen LogP contribution >= 0.6 is 0 Å². The number of H-pyrrole nitrogens is 1. The molecule has 102 valence electrons. The summed E-state index contributed by atoms with van der Waals surface area (Å²) in [6.45, 7) is 1.89. The van der Waals surface area contributed by atoms with Gasteiger partial charge in [-0.1, -0.05) is 0 Å². The zero-order valence-corrected chi connectivity index (χ0v) is 10.7. The molecule has 1 aromatic rings. The molecule has 0 spiro atoms. The summed E-state index contributed by atoms with van der Waals surface area (Å²) in [6, 6.07) is 2.97. The molecule has 1 aliphatic heterocycles. The van der Waals surface area contributed by atoms with E-state index in [0.29, 0.717) is 13.0 Å². The van der Waals surface area contributed by atoms with Gasteiger partial charge in [0, 0.05) is 12.7 Å². The maximum atomic E-state index is 12.4. The van der Waals surface area contributed by atoms with Gasteiger partial charge in [0.25, 0.3) is 11.5 Å². The number of carboxylic acid groups (broad SMARTS) is 1. The van der Waals surface area contributed by atoms with Gasteiger partial charge >= 0.3 is 5.97 Å². The second-order valence-corrected chi connectivity index (χ2v) is 4.91. The highest BCUT2D eigenvalue weighted by Gasteiger charge is 2.44. The molecule has 2 rings (SSSR count). The normalized spacial score (nSPS) is 23.1. The van der Waals surface area contributed by atoms with Gasteiger partial charge in [-0.05, 0) is 38.3 Å². The maximum Gasteiger partial charge on any atom is 0.329 e. The van der Waals surface area contributed by atoms with Crippen LogP contribution in [0.25, 0.3) is 0 Å². The average molecular weight is 264 g/mol. The number of pyridine rings is 1. The van der Waals surface area contributed by atoms with Crippen LogP contribution in [-0.4, -0.2) is 39.0 Å². The Balaban J connectivity index is 2.39. The van der Waals surface area contributed by atoms with Crippen molar-refractivity contribution in [2.75, 3.05) is 6.54 Å². The molecule has 0 saturated carbocycles. The summed E-state index contributed by atoms with van der Waals surface area (Å²) in [5, 5.41) is 9.35. The van der Waals surface area contributed by atoms with Gasteiger partial charge in [-0.2, -0.15) is 0 Å². The Morgan fingerprint density at radius 3 is 2.79 bits per heavy atom. The number of carboxylic acids is 1. The highest BCUT2D eigenvalue weighted by atomic mass is 16.4. The van der Waals surface area contributed by atoms with E-state index in [1.807, 2.05) is 0 Å². The number of piperidine rings is 1. The van der Waals surface area contributed by atoms with E-state index in [-0.39, 0.29) is 5.56 Å². The van der Waals surface area contributed by atoms with E-state index in [0.717, 1.165) is 12.8 Å². The number of carbonyl (C=O) groups excluding carboxylic acids is 1. The molecule has 0 radical (unpaired) electrons. The Morgan fingerprint density at radius 2 is 2.16 bits per heavy atom. The fourth-order valence-corrected chi connectivity index (χ4v) is 2.40. The largest absolute Gasteiger partial charge is 0.480 e. The number of nitrogens with zero attached hydrogens (tertiary/aromatic N) is 1. The minimum absolute atomic E-state index is 0.0168. The van der Waals surface area contributed by atoms with Crippen LogP contribution in [-0.2, 0) is 4.79 Å². The molecule has 1 aromatic heterocycles. The highest BCUT2D eigenvalue weighted by molar-refractivity contribution is 5.97. The van der Waals surface area contributed by atoms with Crippen LogP contribution < -0.4 is 5.56 Å². The standard InChI is InChI=1S/C13H16N2O4/c1-13(12(18)19)6-2-3-8-15(13)11(17)9-5-4-7-14-10(9)16/h4-5,7H,2-3,6,8H2,1H3,(H,14,16)(H,18,19). The van der Waals surface area contributed by atoms with E-state index in [1.54, 1.807) is 6.07 Å². The molecule has 2 heterocycles. The SMILES string of the molecule is CC1(C(=O)O)CCCCN1C(=O)c1ccc[nH]c1=O. The van der Waals surface area contributed by atoms with Gasteiger partial charge in [-0.25, -0.2) is 4.79 Å². The number of aliphatic carboxylic acids is 1. The smallest absolute Gasteiger partial charge is 0.329 e. The van der Waals surface area contributed by atoms with E-state index in [9.17, 15) is 19.5 Å². The van der Waals surface area contributed by atoms with Gasteiger partial charge in [0.05, 0.1) is 0 Å². The van der Waals surface area contributed by atoms with Crippen molar-refractivity contribution in [1.29, 1.82) is 0 Å². The van der Waals surface area contributed by atoms with E-state index < -0.39 is 23.0 Å². The third-order valence-electron chi connectivity index (χ3n) is 3.65. The Bertz CT molecular complexity index is 566. The molecule has 19 heavy (non-hydrogen) atoms. The lowest BCUT2D eigenvalue weighted by atomic mass is 9.88. The van der Waals surface area contributed by atoms with Crippen LogP contribution in [0.5, 0.6) is 0 Å². The Kier molecular flexibility index (Phi) is 3.42. The molecule has 0 aromatic carbocycles. The average Bonchev–Trinajstić information content (AvgIpc) is 2.39. The molecule has 2 N–H and O–H groups in total. The minimum atomic E-state index is -1.24. The zero-order valence-electron chi connectivity index (χ0n) is 10.7. The predicted molar refractivity (Wildman–Crippen MR) is 68.0 cm³/mol. The quantitative estimate of drug-likeness (QED) is 0.828. The molecule has 1 fully saturated rings. The molecule has 6 nitrogen and oxygen atoms in total. The molecular weight excluding hydrogens is 248 g/mol. The van der Waals surface area contributed by atoms with Crippen molar-refractivity contribution in [2.24, 2.45) is 0 Å². The summed E-state index contributed by atoms with van der Waals surface area (Å²) in [5.41, 5.74) is -1.75. The Labute approximate surface area is 110 Å². The number of nitrogens with one attached hydrogen (secondary N) is 1. The van der Waals surface area contributed by atoms with Crippen LogP contribution in [0.2, 0.25) is 0 Å². The summed E-state index contributed by atoms with van der Waals surface area (Å²) in [6.07, 6.45) is 3.35. The fraction of sp³-hybridized carbons (Fsp3) is 0.462. The van der Waals surface area contributed by atoms with Gasteiger partial charge in [0.15, 0.2) is 0 Å². The van der Waals surface area contributed by atoms with Crippen molar-refractivity contribution in [3.8, 4) is 0 Å². The topological polar surface area (TPSA) is 90.5 Å². The summed E-state index contributed by atoms with van der Waals surface area (Å²) >= 11 is 0. The second kappa shape index (κ2) is 4.87. The Hall–Kier alpha value is -2.11. The molecule has 1 unspecified atom stereocenters. The highest BCUT2D eigenvalue weighted by Crippen LogP contribution is 2.29. The van der Waals surface area contributed by atoms with Crippen molar-refractivity contribution in [2.45, 2.75) is 31.7 Å². The summed E-state index contributed by atoms with van der Waals surface area (Å²) in [4.78, 5) is 39.2. The van der Waals surface area contributed by atoms with Crippen LogP contribution in [0.3, 0.4) is 0 Å². The second-order valence-electron chi connectivity index (χ2n) is 4.91. The van der Waals surface area contributed by atoms with Gasteiger partial charge in [0.2, 0.25) is 0 Å². The molecule has 1 atom stereocenters. The third kappa shape index (κ3) is 2.25. The lowest BCUT2D eigenvalue weighted by Crippen LogP contribution is -2.58. The first-order chi connectivity index (χ1) is 8.97. The number of hydrogen-bond acceptors (Lipinski definition) is 3. The van der Waals surface area contributed by atoms with E-state index in [2.05, 4.69) is 4.98 Å². The number of aromatic nitrogens is 1. The van der Waals surface area contributed by atoms with Crippen molar-refractivity contribution in [1.82, 2.24) is 9.88 Å². The molecule has 1 amide bonds. The number of hydrogen-bond donors (Lipinski definition) is 2. The monoisotopic (exact) mass is 264 g/mol. The molecular formula is C13H16N2O4. The molecule has 0 bridgehead atoms. The van der Waals surface area contributed by atoms with Crippen molar-refractivity contribution >= 4 is 11.9 Å². The first-order valence-corrected chi connectivity index (χ1v) is 6.20. The first-order valence-electron chi connectivity index (χ1n) is 6.20.